The number of piperidine rings is 1. The minimum absolute atomic E-state index is 0.538. The van der Waals surface area contributed by atoms with Gasteiger partial charge in [-0.05, 0) is 69.2 Å². The van der Waals surface area contributed by atoms with Gasteiger partial charge in [0.2, 0.25) is 5.95 Å². The van der Waals surface area contributed by atoms with Crippen molar-refractivity contribution >= 4 is 17.5 Å². The van der Waals surface area contributed by atoms with Gasteiger partial charge in [-0.25, -0.2) is 4.98 Å². The second kappa shape index (κ2) is 9.44. The summed E-state index contributed by atoms with van der Waals surface area (Å²) < 4.78 is 0. The zero-order valence-electron chi connectivity index (χ0n) is 18.1. The Morgan fingerprint density at radius 3 is 2.83 bits per heavy atom. The SMILES string of the molecule is CCCc1cc(N2CCC[C@@H](NCC3CC3)C2)nc(Nc2ccc(C)c(C#N)c2)n1. The lowest BCUT2D eigenvalue weighted by atomic mass is 10.1. The molecule has 1 atom stereocenters. The third-order valence-corrected chi connectivity index (χ3v) is 6.02. The monoisotopic (exact) mass is 404 g/mol. The Kier molecular flexibility index (Phi) is 6.49. The van der Waals surface area contributed by atoms with E-state index in [9.17, 15) is 5.26 Å². The smallest absolute Gasteiger partial charge is 0.229 e. The molecule has 0 amide bonds. The van der Waals surface area contributed by atoms with Crippen LogP contribution in [0.1, 0.15) is 55.8 Å². The molecule has 0 bridgehead atoms. The predicted octanol–water partition coefficient (Wildman–Crippen LogP) is 4.32. The molecular formula is C24H32N6. The number of benzene rings is 1. The first-order valence-corrected chi connectivity index (χ1v) is 11.3. The third-order valence-electron chi connectivity index (χ3n) is 6.02. The van der Waals surface area contributed by atoms with Gasteiger partial charge in [0.25, 0.3) is 0 Å². The zero-order valence-corrected chi connectivity index (χ0v) is 18.1. The summed E-state index contributed by atoms with van der Waals surface area (Å²) >= 11 is 0. The topological polar surface area (TPSA) is 76.9 Å². The number of hydrogen-bond acceptors (Lipinski definition) is 6. The Morgan fingerprint density at radius 1 is 1.20 bits per heavy atom. The van der Waals surface area contributed by atoms with Crippen LogP contribution in [-0.2, 0) is 6.42 Å². The Labute approximate surface area is 179 Å². The Hall–Kier alpha value is -2.65. The lowest BCUT2D eigenvalue weighted by Crippen LogP contribution is -2.46. The molecule has 2 N–H and O–H groups in total. The minimum Gasteiger partial charge on any atom is -0.355 e. The fourth-order valence-corrected chi connectivity index (χ4v) is 4.04. The van der Waals surface area contributed by atoms with E-state index < -0.39 is 0 Å². The first-order chi connectivity index (χ1) is 14.6. The summed E-state index contributed by atoms with van der Waals surface area (Å²) in [5.74, 6) is 2.51. The van der Waals surface area contributed by atoms with Gasteiger partial charge >= 0.3 is 0 Å². The number of rotatable bonds is 8. The van der Waals surface area contributed by atoms with Crippen molar-refractivity contribution in [3.63, 3.8) is 0 Å². The molecule has 1 saturated heterocycles. The largest absolute Gasteiger partial charge is 0.355 e. The minimum atomic E-state index is 0.538. The molecular weight excluding hydrogens is 372 g/mol. The van der Waals surface area contributed by atoms with Crippen molar-refractivity contribution < 1.29 is 0 Å². The Morgan fingerprint density at radius 2 is 2.07 bits per heavy atom. The average molecular weight is 405 g/mol. The molecule has 30 heavy (non-hydrogen) atoms. The molecule has 6 heteroatoms. The highest BCUT2D eigenvalue weighted by Gasteiger charge is 2.25. The summed E-state index contributed by atoms with van der Waals surface area (Å²) in [5.41, 5.74) is 3.55. The third kappa shape index (κ3) is 5.28. The standard InChI is InChI=1S/C24H32N6/c1-3-5-20-13-23(30-11-4-6-22(16-30)26-15-18-8-9-18)29-24(27-20)28-21-10-7-17(2)19(12-21)14-25/h7,10,12-13,18,22,26H,3-6,8-9,11,15-16H2,1-2H3,(H,27,28,29)/t22-/m1/s1. The van der Waals surface area contributed by atoms with Crippen LogP contribution < -0.4 is 15.5 Å². The van der Waals surface area contributed by atoms with Crippen LogP contribution in [0.3, 0.4) is 0 Å². The fourth-order valence-electron chi connectivity index (χ4n) is 4.04. The van der Waals surface area contributed by atoms with E-state index in [2.05, 4.69) is 34.6 Å². The van der Waals surface area contributed by atoms with Gasteiger partial charge in [0.05, 0.1) is 11.6 Å². The average Bonchev–Trinajstić information content (AvgIpc) is 3.58. The van der Waals surface area contributed by atoms with Crippen LogP contribution in [0.4, 0.5) is 17.5 Å². The number of aromatic nitrogens is 2. The number of nitrogens with zero attached hydrogens (tertiary/aromatic N) is 4. The van der Waals surface area contributed by atoms with Crippen LogP contribution in [0.25, 0.3) is 0 Å². The van der Waals surface area contributed by atoms with Crippen molar-refractivity contribution in [2.75, 3.05) is 29.9 Å². The van der Waals surface area contributed by atoms with E-state index in [1.165, 1.54) is 25.7 Å². The molecule has 2 aromatic rings. The molecule has 0 spiro atoms. The molecule has 2 aliphatic rings. The van der Waals surface area contributed by atoms with Crippen LogP contribution in [0.5, 0.6) is 0 Å². The first kappa shape index (κ1) is 20.6. The Bertz CT molecular complexity index is 914. The van der Waals surface area contributed by atoms with Crippen LogP contribution in [0.2, 0.25) is 0 Å². The number of aryl methyl sites for hydroxylation is 2. The second-order valence-corrected chi connectivity index (χ2v) is 8.69. The molecule has 1 saturated carbocycles. The van der Waals surface area contributed by atoms with E-state index in [1.54, 1.807) is 0 Å². The highest BCUT2D eigenvalue weighted by atomic mass is 15.2. The van der Waals surface area contributed by atoms with Crippen molar-refractivity contribution in [1.29, 1.82) is 5.26 Å². The van der Waals surface area contributed by atoms with Gasteiger partial charge in [-0.2, -0.15) is 10.2 Å². The lowest BCUT2D eigenvalue weighted by Gasteiger charge is -2.34. The quantitative estimate of drug-likeness (QED) is 0.682. The molecule has 6 nitrogen and oxygen atoms in total. The summed E-state index contributed by atoms with van der Waals surface area (Å²) in [6, 6.07) is 10.7. The summed E-state index contributed by atoms with van der Waals surface area (Å²) in [4.78, 5) is 12.0. The van der Waals surface area contributed by atoms with Crippen molar-refractivity contribution in [3.8, 4) is 6.07 Å². The molecule has 2 fully saturated rings. The van der Waals surface area contributed by atoms with Gasteiger partial charge in [-0.1, -0.05) is 19.4 Å². The second-order valence-electron chi connectivity index (χ2n) is 8.69. The van der Waals surface area contributed by atoms with Crippen molar-refractivity contribution in [3.05, 3.63) is 41.1 Å². The summed E-state index contributed by atoms with van der Waals surface area (Å²) in [5, 5.41) is 16.4. The van der Waals surface area contributed by atoms with Gasteiger partial charge in [-0.15, -0.1) is 0 Å². The molecule has 158 valence electrons. The number of anilines is 3. The van der Waals surface area contributed by atoms with E-state index in [0.29, 0.717) is 17.6 Å². The fraction of sp³-hybridized carbons (Fsp3) is 0.542. The highest BCUT2D eigenvalue weighted by Crippen LogP contribution is 2.28. The van der Waals surface area contributed by atoms with Crippen LogP contribution in [0, 0.1) is 24.2 Å². The van der Waals surface area contributed by atoms with Gasteiger partial charge in [0.1, 0.15) is 5.82 Å². The molecule has 1 aliphatic heterocycles. The number of hydrogen-bond donors (Lipinski definition) is 2. The van der Waals surface area contributed by atoms with E-state index in [-0.39, 0.29) is 0 Å². The van der Waals surface area contributed by atoms with Gasteiger partial charge in [0.15, 0.2) is 0 Å². The van der Waals surface area contributed by atoms with Gasteiger partial charge in [-0.3, -0.25) is 0 Å². The normalized spacial score (nSPS) is 18.8. The van der Waals surface area contributed by atoms with Crippen LogP contribution in [-0.4, -0.2) is 35.6 Å². The maximum absolute atomic E-state index is 9.32. The summed E-state index contributed by atoms with van der Waals surface area (Å²) in [6.07, 6.45) is 7.17. The molecule has 2 heterocycles. The van der Waals surface area contributed by atoms with Crippen LogP contribution >= 0.6 is 0 Å². The van der Waals surface area contributed by atoms with E-state index in [4.69, 9.17) is 9.97 Å². The van der Waals surface area contributed by atoms with Crippen molar-refractivity contribution in [1.82, 2.24) is 15.3 Å². The van der Waals surface area contributed by atoms with E-state index in [1.807, 2.05) is 25.1 Å². The summed E-state index contributed by atoms with van der Waals surface area (Å²) in [6.45, 7) is 7.31. The predicted molar refractivity (Wildman–Crippen MR) is 121 cm³/mol. The first-order valence-electron chi connectivity index (χ1n) is 11.3. The van der Waals surface area contributed by atoms with Crippen LogP contribution in [0.15, 0.2) is 24.3 Å². The molecule has 4 rings (SSSR count). The molecule has 0 radical (unpaired) electrons. The van der Waals surface area contributed by atoms with Crippen molar-refractivity contribution in [2.24, 2.45) is 5.92 Å². The van der Waals surface area contributed by atoms with E-state index in [0.717, 1.165) is 61.2 Å². The molecule has 1 aromatic heterocycles. The highest BCUT2D eigenvalue weighted by molar-refractivity contribution is 5.59. The van der Waals surface area contributed by atoms with Crippen molar-refractivity contribution in [2.45, 2.75) is 58.4 Å². The molecule has 1 aromatic carbocycles. The van der Waals surface area contributed by atoms with Gasteiger partial charge < -0.3 is 15.5 Å². The molecule has 1 aliphatic carbocycles. The zero-order chi connectivity index (χ0) is 20.9. The lowest BCUT2D eigenvalue weighted by molar-refractivity contribution is 0.414. The summed E-state index contributed by atoms with van der Waals surface area (Å²) in [7, 11) is 0. The number of nitriles is 1. The maximum atomic E-state index is 9.32. The Balaban J connectivity index is 1.52. The van der Waals surface area contributed by atoms with E-state index >= 15 is 0 Å². The maximum Gasteiger partial charge on any atom is 0.229 e. The number of nitrogens with one attached hydrogen (secondary N) is 2. The molecule has 0 unspecified atom stereocenters. The van der Waals surface area contributed by atoms with Gasteiger partial charge in [0, 0.05) is 36.6 Å².